The van der Waals surface area contributed by atoms with Crippen molar-refractivity contribution in [1.82, 2.24) is 15.5 Å². The Labute approximate surface area is 117 Å². The van der Waals surface area contributed by atoms with Gasteiger partial charge in [0.15, 0.2) is 0 Å². The predicted molar refractivity (Wildman–Crippen MR) is 70.7 cm³/mol. The second kappa shape index (κ2) is 6.69. The Morgan fingerprint density at radius 1 is 1.30 bits per heavy atom. The molecule has 0 radical (unpaired) electrons. The predicted octanol–water partition coefficient (Wildman–Crippen LogP) is -0.547. The van der Waals surface area contributed by atoms with E-state index < -0.39 is 6.03 Å². The molecule has 2 unspecified atom stereocenters. The van der Waals surface area contributed by atoms with Crippen LogP contribution in [-0.2, 0) is 9.59 Å². The van der Waals surface area contributed by atoms with Gasteiger partial charge < -0.3 is 15.7 Å². The molecule has 1 saturated heterocycles. The standard InChI is InChI=1S/C13H21N3O4/c17-8-10-4-2-1-3-9(10)5-14-11(18)7-16-12(19)6-15-13(16)20/h9-10,17H,1-8H2,(H,14,18)(H,15,20). The molecule has 0 aromatic heterocycles. The maximum atomic E-state index is 11.8. The van der Waals surface area contributed by atoms with E-state index in [9.17, 15) is 19.5 Å². The molecule has 20 heavy (non-hydrogen) atoms. The highest BCUT2D eigenvalue weighted by Crippen LogP contribution is 2.28. The summed E-state index contributed by atoms with van der Waals surface area (Å²) in [5.41, 5.74) is 0. The number of carbonyl (C=O) groups excluding carboxylic acids is 3. The molecule has 1 aliphatic carbocycles. The Kier molecular flexibility index (Phi) is 4.94. The van der Waals surface area contributed by atoms with E-state index in [2.05, 4.69) is 10.6 Å². The summed E-state index contributed by atoms with van der Waals surface area (Å²) in [5, 5.41) is 14.4. The van der Waals surface area contributed by atoms with E-state index in [0.717, 1.165) is 30.6 Å². The second-order valence-corrected chi connectivity index (χ2v) is 5.43. The first-order valence-electron chi connectivity index (χ1n) is 7.07. The number of rotatable bonds is 5. The smallest absolute Gasteiger partial charge is 0.325 e. The van der Waals surface area contributed by atoms with Crippen LogP contribution in [0.1, 0.15) is 25.7 Å². The normalized spacial score (nSPS) is 26.6. The van der Waals surface area contributed by atoms with Gasteiger partial charge in [0, 0.05) is 13.2 Å². The summed E-state index contributed by atoms with van der Waals surface area (Å²) in [5.74, 6) is -0.199. The van der Waals surface area contributed by atoms with Crippen LogP contribution in [-0.4, -0.2) is 54.1 Å². The molecular formula is C13H21N3O4. The zero-order valence-electron chi connectivity index (χ0n) is 11.4. The van der Waals surface area contributed by atoms with Gasteiger partial charge in [-0.3, -0.25) is 14.5 Å². The van der Waals surface area contributed by atoms with Crippen molar-refractivity contribution in [2.24, 2.45) is 11.8 Å². The van der Waals surface area contributed by atoms with Crippen LogP contribution in [0.4, 0.5) is 4.79 Å². The third-order valence-electron chi connectivity index (χ3n) is 4.10. The third-order valence-corrected chi connectivity index (χ3v) is 4.10. The number of urea groups is 1. The van der Waals surface area contributed by atoms with Crippen molar-refractivity contribution in [3.63, 3.8) is 0 Å². The number of aliphatic hydroxyl groups excluding tert-OH is 1. The molecular weight excluding hydrogens is 262 g/mol. The molecule has 4 amide bonds. The minimum absolute atomic E-state index is 0.0404. The Morgan fingerprint density at radius 2 is 2.00 bits per heavy atom. The summed E-state index contributed by atoms with van der Waals surface area (Å²) in [6.07, 6.45) is 4.22. The number of amides is 4. The van der Waals surface area contributed by atoms with Gasteiger partial charge in [0.05, 0.1) is 6.54 Å². The highest BCUT2D eigenvalue weighted by Gasteiger charge is 2.30. The van der Waals surface area contributed by atoms with Gasteiger partial charge in [0.25, 0.3) is 5.91 Å². The minimum Gasteiger partial charge on any atom is -0.396 e. The first-order valence-corrected chi connectivity index (χ1v) is 7.07. The number of imide groups is 1. The lowest BCUT2D eigenvalue weighted by Gasteiger charge is -2.30. The molecule has 0 bridgehead atoms. The summed E-state index contributed by atoms with van der Waals surface area (Å²) in [6.45, 7) is 0.365. The molecule has 2 rings (SSSR count). The van der Waals surface area contributed by atoms with E-state index in [4.69, 9.17) is 0 Å². The second-order valence-electron chi connectivity index (χ2n) is 5.43. The average Bonchev–Trinajstić information content (AvgIpc) is 2.77. The van der Waals surface area contributed by atoms with Crippen LogP contribution >= 0.6 is 0 Å². The van der Waals surface area contributed by atoms with Crippen LogP contribution < -0.4 is 10.6 Å². The third kappa shape index (κ3) is 3.47. The van der Waals surface area contributed by atoms with E-state index in [-0.39, 0.29) is 43.3 Å². The zero-order chi connectivity index (χ0) is 14.5. The molecule has 2 fully saturated rings. The molecule has 0 aromatic carbocycles. The lowest BCUT2D eigenvalue weighted by atomic mass is 9.79. The Morgan fingerprint density at radius 3 is 2.60 bits per heavy atom. The quantitative estimate of drug-likeness (QED) is 0.590. The Balaban J connectivity index is 1.77. The van der Waals surface area contributed by atoms with Crippen LogP contribution in [0.5, 0.6) is 0 Å². The van der Waals surface area contributed by atoms with Gasteiger partial charge in [0.2, 0.25) is 5.91 Å². The Hall–Kier alpha value is -1.63. The molecule has 7 nitrogen and oxygen atoms in total. The molecule has 0 aromatic rings. The number of nitrogens with zero attached hydrogens (tertiary/aromatic N) is 1. The first-order chi connectivity index (χ1) is 9.61. The molecule has 1 saturated carbocycles. The number of hydrogen-bond acceptors (Lipinski definition) is 4. The van der Waals surface area contributed by atoms with Gasteiger partial charge in [-0.25, -0.2) is 4.79 Å². The maximum absolute atomic E-state index is 11.8. The topological polar surface area (TPSA) is 98.7 Å². The number of hydrogen-bond donors (Lipinski definition) is 3. The maximum Gasteiger partial charge on any atom is 0.325 e. The van der Waals surface area contributed by atoms with Crippen LogP contribution in [0.3, 0.4) is 0 Å². The van der Waals surface area contributed by atoms with E-state index >= 15 is 0 Å². The van der Waals surface area contributed by atoms with Crippen LogP contribution in [0.25, 0.3) is 0 Å². The molecule has 2 atom stereocenters. The Bertz CT molecular complexity index is 383. The highest BCUT2D eigenvalue weighted by molar-refractivity contribution is 6.04. The molecule has 0 spiro atoms. The highest BCUT2D eigenvalue weighted by atomic mass is 16.3. The van der Waals surface area contributed by atoms with Crippen molar-refractivity contribution < 1.29 is 19.5 Å². The fourth-order valence-electron chi connectivity index (χ4n) is 2.85. The number of nitrogens with one attached hydrogen (secondary N) is 2. The monoisotopic (exact) mass is 283 g/mol. The molecule has 2 aliphatic rings. The van der Waals surface area contributed by atoms with Gasteiger partial charge in [-0.05, 0) is 24.7 Å². The minimum atomic E-state index is -0.518. The zero-order valence-corrected chi connectivity index (χ0v) is 11.4. The van der Waals surface area contributed by atoms with E-state index in [1.807, 2.05) is 0 Å². The molecule has 1 aliphatic heterocycles. The van der Waals surface area contributed by atoms with Gasteiger partial charge in [0.1, 0.15) is 6.54 Å². The fraction of sp³-hybridized carbons (Fsp3) is 0.769. The van der Waals surface area contributed by atoms with E-state index in [1.54, 1.807) is 0 Å². The number of carbonyl (C=O) groups is 3. The largest absolute Gasteiger partial charge is 0.396 e. The van der Waals surface area contributed by atoms with Crippen LogP contribution in [0.2, 0.25) is 0 Å². The van der Waals surface area contributed by atoms with Gasteiger partial charge in [-0.15, -0.1) is 0 Å². The van der Waals surface area contributed by atoms with E-state index in [1.165, 1.54) is 0 Å². The van der Waals surface area contributed by atoms with Crippen molar-refractivity contribution in [2.45, 2.75) is 25.7 Å². The summed E-state index contributed by atoms with van der Waals surface area (Å²) < 4.78 is 0. The van der Waals surface area contributed by atoms with Crippen LogP contribution in [0.15, 0.2) is 0 Å². The summed E-state index contributed by atoms with van der Waals surface area (Å²) in [4.78, 5) is 35.4. The fourth-order valence-corrected chi connectivity index (χ4v) is 2.85. The first kappa shape index (κ1) is 14.8. The van der Waals surface area contributed by atoms with Crippen molar-refractivity contribution in [1.29, 1.82) is 0 Å². The SMILES string of the molecule is O=C(CN1C(=O)CNC1=O)NCC1CCCCC1CO. The summed E-state index contributed by atoms with van der Waals surface area (Å²) >= 11 is 0. The van der Waals surface area contributed by atoms with Gasteiger partial charge >= 0.3 is 6.03 Å². The molecule has 7 heteroatoms. The summed E-state index contributed by atoms with van der Waals surface area (Å²) in [6, 6.07) is -0.518. The van der Waals surface area contributed by atoms with Crippen molar-refractivity contribution in [3.05, 3.63) is 0 Å². The average molecular weight is 283 g/mol. The lowest BCUT2D eigenvalue weighted by Crippen LogP contribution is -2.43. The summed E-state index contributed by atoms with van der Waals surface area (Å²) in [7, 11) is 0. The van der Waals surface area contributed by atoms with Crippen molar-refractivity contribution >= 4 is 17.8 Å². The lowest BCUT2D eigenvalue weighted by molar-refractivity contribution is -0.130. The molecule has 1 heterocycles. The van der Waals surface area contributed by atoms with Crippen molar-refractivity contribution in [2.75, 3.05) is 26.2 Å². The molecule has 112 valence electrons. The van der Waals surface area contributed by atoms with Crippen LogP contribution in [0, 0.1) is 11.8 Å². The van der Waals surface area contributed by atoms with Gasteiger partial charge in [-0.1, -0.05) is 12.8 Å². The van der Waals surface area contributed by atoms with Crippen molar-refractivity contribution in [3.8, 4) is 0 Å². The van der Waals surface area contributed by atoms with E-state index in [0.29, 0.717) is 6.54 Å². The number of aliphatic hydroxyl groups is 1. The van der Waals surface area contributed by atoms with Gasteiger partial charge in [-0.2, -0.15) is 0 Å². The molecule has 3 N–H and O–H groups in total.